The Morgan fingerprint density at radius 1 is 0.750 bits per heavy atom. The second-order valence-corrected chi connectivity index (χ2v) is 4.68. The van der Waals surface area contributed by atoms with Crippen LogP contribution in [0.15, 0.2) is 0 Å². The minimum absolute atomic E-state index is 0.747. The monoisotopic (exact) mass is 173 g/mol. The van der Waals surface area contributed by atoms with E-state index in [1.165, 1.54) is 0 Å². The molecular weight excluding hydrogens is 154 g/mol. The van der Waals surface area contributed by atoms with Crippen molar-refractivity contribution in [3.8, 4) is 0 Å². The van der Waals surface area contributed by atoms with Gasteiger partial charge in [0.1, 0.15) is 5.60 Å². The summed E-state index contributed by atoms with van der Waals surface area (Å²) in [6.45, 7) is 6.84. The van der Waals surface area contributed by atoms with Gasteiger partial charge >= 0.3 is 0 Å². The summed E-state index contributed by atoms with van der Waals surface area (Å²) in [5, 5.41) is 9.97. The topological polar surface area (TPSA) is 98.3 Å². The first-order valence-electron chi connectivity index (χ1n) is 4.09. The fourth-order valence-corrected chi connectivity index (χ4v) is 2.03. The molecule has 0 aromatic rings. The van der Waals surface area contributed by atoms with Crippen LogP contribution in [0.5, 0.6) is 0 Å². The van der Waals surface area contributed by atoms with Crippen molar-refractivity contribution in [2.24, 2.45) is 17.2 Å². The minimum atomic E-state index is -1.12. The highest BCUT2D eigenvalue weighted by Crippen LogP contribution is 2.52. The van der Waals surface area contributed by atoms with Crippen LogP contribution in [-0.2, 0) is 0 Å². The molecule has 0 spiro atoms. The van der Waals surface area contributed by atoms with Gasteiger partial charge in [-0.3, -0.25) is 0 Å². The van der Waals surface area contributed by atoms with Gasteiger partial charge in [0.05, 0.1) is 16.6 Å². The van der Waals surface area contributed by atoms with Gasteiger partial charge in [0.25, 0.3) is 0 Å². The van der Waals surface area contributed by atoms with E-state index in [0.29, 0.717) is 0 Å². The van der Waals surface area contributed by atoms with Gasteiger partial charge < -0.3 is 22.3 Å². The van der Waals surface area contributed by atoms with E-state index in [1.54, 1.807) is 27.7 Å². The number of hydrogen-bond donors (Lipinski definition) is 4. The Morgan fingerprint density at radius 2 is 1.00 bits per heavy atom. The first-order chi connectivity index (χ1) is 5.00. The summed E-state index contributed by atoms with van der Waals surface area (Å²) in [7, 11) is 0. The SMILES string of the molecule is CC1(N)C(C)(N)C(C)(O)C1(C)N. The molecule has 12 heavy (non-hydrogen) atoms. The third-order valence-corrected chi connectivity index (χ3v) is 4.18. The average Bonchev–Trinajstić information content (AvgIpc) is 1.84. The first-order valence-corrected chi connectivity index (χ1v) is 4.09. The summed E-state index contributed by atoms with van der Waals surface area (Å²) in [4.78, 5) is 0. The van der Waals surface area contributed by atoms with Crippen molar-refractivity contribution in [1.82, 2.24) is 0 Å². The van der Waals surface area contributed by atoms with Crippen LogP contribution in [0, 0.1) is 0 Å². The standard InChI is InChI=1S/C8H19N3O/c1-5(9)6(2,10)8(4,12)7(5,3)11/h12H,9-11H2,1-4H3. The molecule has 1 rings (SSSR count). The van der Waals surface area contributed by atoms with Crippen LogP contribution >= 0.6 is 0 Å². The van der Waals surface area contributed by atoms with E-state index in [4.69, 9.17) is 17.2 Å². The van der Waals surface area contributed by atoms with Crippen molar-refractivity contribution in [2.45, 2.75) is 49.9 Å². The Bertz CT molecular complexity index is 154. The molecule has 4 heteroatoms. The maximum atomic E-state index is 9.97. The third kappa shape index (κ3) is 0.599. The lowest BCUT2D eigenvalue weighted by molar-refractivity contribution is -0.209. The molecule has 72 valence electrons. The molecule has 1 aliphatic rings. The average molecular weight is 173 g/mol. The summed E-state index contributed by atoms with van der Waals surface area (Å²) in [5.74, 6) is 0. The fraction of sp³-hybridized carbons (Fsp3) is 1.00. The van der Waals surface area contributed by atoms with E-state index in [2.05, 4.69) is 0 Å². The van der Waals surface area contributed by atoms with Gasteiger partial charge in [0, 0.05) is 0 Å². The van der Waals surface area contributed by atoms with Crippen LogP contribution in [-0.4, -0.2) is 27.3 Å². The van der Waals surface area contributed by atoms with Crippen LogP contribution in [0.4, 0.5) is 0 Å². The second-order valence-electron chi connectivity index (χ2n) is 4.68. The molecule has 1 saturated carbocycles. The normalized spacial score (nSPS) is 66.0. The summed E-state index contributed by atoms with van der Waals surface area (Å²) in [5.41, 5.74) is 14.2. The summed E-state index contributed by atoms with van der Waals surface area (Å²) in [6.07, 6.45) is 0. The molecule has 0 aromatic carbocycles. The molecule has 0 saturated heterocycles. The lowest BCUT2D eigenvalue weighted by Gasteiger charge is -2.72. The van der Waals surface area contributed by atoms with Crippen LogP contribution in [0.3, 0.4) is 0 Å². The quantitative estimate of drug-likeness (QED) is 0.374. The Morgan fingerprint density at radius 3 is 1.08 bits per heavy atom. The molecule has 2 atom stereocenters. The smallest absolute Gasteiger partial charge is 0.101 e. The molecule has 1 fully saturated rings. The maximum absolute atomic E-state index is 9.97. The van der Waals surface area contributed by atoms with Crippen molar-refractivity contribution >= 4 is 0 Å². The lowest BCUT2D eigenvalue weighted by atomic mass is 9.42. The van der Waals surface area contributed by atoms with E-state index in [1.807, 2.05) is 0 Å². The van der Waals surface area contributed by atoms with Crippen LogP contribution < -0.4 is 17.2 Å². The molecule has 4 nitrogen and oxygen atoms in total. The lowest BCUT2D eigenvalue weighted by Crippen LogP contribution is -2.99. The highest BCUT2D eigenvalue weighted by Gasteiger charge is 2.76. The summed E-state index contributed by atoms with van der Waals surface area (Å²) >= 11 is 0. The van der Waals surface area contributed by atoms with Crippen molar-refractivity contribution in [3.05, 3.63) is 0 Å². The molecule has 1 aliphatic carbocycles. The van der Waals surface area contributed by atoms with Crippen molar-refractivity contribution in [3.63, 3.8) is 0 Å². The van der Waals surface area contributed by atoms with Crippen molar-refractivity contribution in [1.29, 1.82) is 0 Å². The highest BCUT2D eigenvalue weighted by molar-refractivity contribution is 5.38. The van der Waals surface area contributed by atoms with Gasteiger partial charge in [-0.25, -0.2) is 0 Å². The van der Waals surface area contributed by atoms with Crippen molar-refractivity contribution < 1.29 is 5.11 Å². The Hall–Kier alpha value is -0.160. The largest absolute Gasteiger partial charge is 0.386 e. The summed E-state index contributed by atoms with van der Waals surface area (Å²) < 4.78 is 0. The highest BCUT2D eigenvalue weighted by atomic mass is 16.3. The first kappa shape index (κ1) is 9.92. The van der Waals surface area contributed by atoms with Gasteiger partial charge in [0.15, 0.2) is 0 Å². The Kier molecular flexibility index (Phi) is 1.53. The van der Waals surface area contributed by atoms with Crippen molar-refractivity contribution in [2.75, 3.05) is 0 Å². The number of rotatable bonds is 0. The number of hydrogen-bond acceptors (Lipinski definition) is 4. The minimum Gasteiger partial charge on any atom is -0.386 e. The molecule has 0 radical (unpaired) electrons. The zero-order valence-electron chi connectivity index (χ0n) is 8.18. The predicted octanol–water partition coefficient (Wildman–Crippen LogP) is -1.10. The molecule has 2 unspecified atom stereocenters. The Labute approximate surface area is 73.1 Å². The van der Waals surface area contributed by atoms with Crippen LogP contribution in [0.1, 0.15) is 27.7 Å². The molecule has 7 N–H and O–H groups in total. The number of nitrogens with two attached hydrogens (primary N) is 3. The molecular formula is C8H19N3O. The molecule has 0 bridgehead atoms. The van der Waals surface area contributed by atoms with E-state index in [9.17, 15) is 5.11 Å². The molecule has 0 aliphatic heterocycles. The van der Waals surface area contributed by atoms with Gasteiger partial charge in [-0.15, -0.1) is 0 Å². The van der Waals surface area contributed by atoms with Gasteiger partial charge in [-0.2, -0.15) is 0 Å². The second kappa shape index (κ2) is 1.85. The maximum Gasteiger partial charge on any atom is 0.101 e. The fourth-order valence-electron chi connectivity index (χ4n) is 2.03. The molecule has 0 heterocycles. The third-order valence-electron chi connectivity index (χ3n) is 4.18. The van der Waals surface area contributed by atoms with Gasteiger partial charge in [-0.1, -0.05) is 0 Å². The zero-order valence-corrected chi connectivity index (χ0v) is 8.18. The number of aliphatic hydroxyl groups is 1. The van der Waals surface area contributed by atoms with Gasteiger partial charge in [0.2, 0.25) is 0 Å². The van der Waals surface area contributed by atoms with Crippen LogP contribution in [0.2, 0.25) is 0 Å². The van der Waals surface area contributed by atoms with E-state index < -0.39 is 22.2 Å². The van der Waals surface area contributed by atoms with Gasteiger partial charge in [-0.05, 0) is 27.7 Å². The van der Waals surface area contributed by atoms with Crippen LogP contribution in [0.25, 0.3) is 0 Å². The van der Waals surface area contributed by atoms with E-state index in [0.717, 1.165) is 0 Å². The molecule has 0 aromatic heterocycles. The Balaban J connectivity index is 3.16. The summed E-state index contributed by atoms with van der Waals surface area (Å²) in [6, 6.07) is 0. The van der Waals surface area contributed by atoms with E-state index >= 15 is 0 Å². The van der Waals surface area contributed by atoms with E-state index in [-0.39, 0.29) is 0 Å². The predicted molar refractivity (Wildman–Crippen MR) is 48.4 cm³/mol. The molecule has 0 amide bonds. The zero-order chi connectivity index (χ0) is 10.0.